The molecule has 0 aliphatic rings. The van der Waals surface area contributed by atoms with E-state index in [1.807, 2.05) is 0 Å². The minimum Gasteiger partial charge on any atom is -0.619 e. The predicted octanol–water partition coefficient (Wildman–Crippen LogP) is 2.08. The van der Waals surface area contributed by atoms with Crippen LogP contribution in [0.1, 0.15) is 6.92 Å². The van der Waals surface area contributed by atoms with Crippen LogP contribution < -0.4 is 9.63 Å². The first-order valence-electron chi connectivity index (χ1n) is 7.24. The van der Waals surface area contributed by atoms with E-state index in [9.17, 15) is 14.6 Å². The zero-order valence-corrected chi connectivity index (χ0v) is 16.0. The van der Waals surface area contributed by atoms with E-state index in [4.69, 9.17) is 18.0 Å². The molecule has 2 rings (SSSR count). The summed E-state index contributed by atoms with van der Waals surface area (Å²) in [5.74, 6) is 1.93. The molecule has 0 bridgehead atoms. The zero-order valence-electron chi connectivity index (χ0n) is 13.6. The summed E-state index contributed by atoms with van der Waals surface area (Å²) >= 11 is 6.28. The lowest BCUT2D eigenvalue weighted by Gasteiger charge is -2.22. The molecule has 0 spiro atoms. The summed E-state index contributed by atoms with van der Waals surface area (Å²) in [4.78, 5) is 18.3. The topological polar surface area (TPSA) is 83.2 Å². The number of hydrogen-bond acceptors (Lipinski definition) is 5. The first kappa shape index (κ1) is 19.5. The minimum atomic E-state index is -1.11. The number of terminal acetylenes is 1. The van der Waals surface area contributed by atoms with Gasteiger partial charge in [-0.05, 0) is 13.0 Å². The van der Waals surface area contributed by atoms with Gasteiger partial charge in [-0.25, -0.2) is 4.98 Å². The average Bonchev–Trinajstić information content (AvgIpc) is 2.93. The quantitative estimate of drug-likeness (QED) is 0.323. The maximum absolute atomic E-state index is 12.7. The van der Waals surface area contributed by atoms with Gasteiger partial charge in [-0.1, -0.05) is 40.0 Å². The van der Waals surface area contributed by atoms with Gasteiger partial charge in [0.05, 0.1) is 24.3 Å². The lowest BCUT2D eigenvalue weighted by molar-refractivity contribution is -0.604. The number of hydrogen-bond donors (Lipinski definition) is 0. The summed E-state index contributed by atoms with van der Waals surface area (Å²) in [6.45, 7) is 1.72. The molecule has 0 aliphatic heterocycles. The summed E-state index contributed by atoms with van der Waals surface area (Å²) in [5, 5.41) is 12.5. The van der Waals surface area contributed by atoms with E-state index < -0.39 is 17.1 Å². The Morgan fingerprint density at radius 1 is 1.64 bits per heavy atom. The van der Waals surface area contributed by atoms with Gasteiger partial charge < -0.3 is 9.76 Å². The molecule has 0 aliphatic carbocycles. The van der Waals surface area contributed by atoms with Gasteiger partial charge in [0, 0.05) is 6.07 Å². The fourth-order valence-corrected chi connectivity index (χ4v) is 4.35. The Morgan fingerprint density at radius 2 is 2.36 bits per heavy atom. The van der Waals surface area contributed by atoms with Gasteiger partial charge in [-0.2, -0.15) is 4.73 Å². The average molecular weight is 398 g/mol. The maximum Gasteiger partial charge on any atom is 0.236 e. The number of aromatic nitrogens is 2. The fraction of sp³-hybridized carbons (Fsp3) is 0.312. The third-order valence-electron chi connectivity index (χ3n) is 3.26. The molecular formula is C16H16ClN3O3S2. The first-order chi connectivity index (χ1) is 11.8. The Balaban J connectivity index is 2.36. The molecule has 132 valence electrons. The van der Waals surface area contributed by atoms with Crippen LogP contribution in [0.2, 0.25) is 5.15 Å². The molecule has 2 aromatic rings. The Kier molecular flexibility index (Phi) is 6.67. The summed E-state index contributed by atoms with van der Waals surface area (Å²) in [5.41, 5.74) is 0.589. The largest absolute Gasteiger partial charge is 0.619 e. The van der Waals surface area contributed by atoms with Crippen molar-refractivity contribution in [2.24, 2.45) is 5.92 Å². The number of carbonyl (C=O) groups excluding carboxylic acids is 1. The Hall–Kier alpha value is -1.79. The van der Waals surface area contributed by atoms with Crippen LogP contribution in [0.25, 0.3) is 10.6 Å². The number of amides is 1. The van der Waals surface area contributed by atoms with Crippen molar-refractivity contribution in [1.82, 2.24) is 4.98 Å². The van der Waals surface area contributed by atoms with Crippen molar-refractivity contribution in [3.05, 3.63) is 34.9 Å². The van der Waals surface area contributed by atoms with Crippen molar-refractivity contribution in [1.29, 1.82) is 0 Å². The highest BCUT2D eigenvalue weighted by molar-refractivity contribution is 7.90. The molecule has 0 fully saturated rings. The van der Waals surface area contributed by atoms with Crippen molar-refractivity contribution >= 4 is 45.0 Å². The normalized spacial score (nSPS) is 13.1. The highest BCUT2D eigenvalue weighted by atomic mass is 35.5. The minimum absolute atomic E-state index is 0.0250. The van der Waals surface area contributed by atoms with E-state index in [1.165, 1.54) is 28.6 Å². The number of halogens is 1. The molecule has 2 unspecified atom stereocenters. The Labute approximate surface area is 158 Å². The molecule has 2 atom stereocenters. The molecule has 1 amide bonds. The number of thiazole rings is 1. The van der Waals surface area contributed by atoms with Crippen LogP contribution in [-0.4, -0.2) is 34.0 Å². The lowest BCUT2D eigenvalue weighted by Crippen LogP contribution is -2.37. The summed E-state index contributed by atoms with van der Waals surface area (Å²) in [6.07, 6.45) is 9.66. The van der Waals surface area contributed by atoms with Gasteiger partial charge in [-0.3, -0.25) is 9.69 Å². The van der Waals surface area contributed by atoms with E-state index in [1.54, 1.807) is 25.3 Å². The second-order valence-corrected chi connectivity index (χ2v) is 8.15. The van der Waals surface area contributed by atoms with Crippen LogP contribution in [0, 0.1) is 23.5 Å². The van der Waals surface area contributed by atoms with Gasteiger partial charge in [0.2, 0.25) is 5.91 Å². The Bertz CT molecular complexity index is 804. The Morgan fingerprint density at radius 3 is 2.96 bits per heavy atom. The van der Waals surface area contributed by atoms with Crippen LogP contribution >= 0.6 is 22.9 Å². The molecule has 0 saturated heterocycles. The summed E-state index contributed by atoms with van der Waals surface area (Å²) in [6, 6.07) is 3.32. The first-order valence-corrected chi connectivity index (χ1v) is 10.2. The van der Waals surface area contributed by atoms with Crippen molar-refractivity contribution in [2.75, 3.05) is 23.5 Å². The number of carbonyl (C=O) groups is 1. The molecular weight excluding hydrogens is 382 g/mol. The standard InChI is InChI=1S/C16H16ClN3O3S2/c1-4-7-20(15(21)11(2)10-25(3)23)16-13(17)18-14(24-16)12-6-5-8-19(22)9-12/h1,5-6,8-9,11H,7,10H2,2-3H3. The van der Waals surface area contributed by atoms with Crippen LogP contribution in [0.3, 0.4) is 0 Å². The molecule has 25 heavy (non-hydrogen) atoms. The van der Waals surface area contributed by atoms with Gasteiger partial charge in [0.1, 0.15) is 15.8 Å². The van der Waals surface area contributed by atoms with E-state index in [-0.39, 0.29) is 23.4 Å². The van der Waals surface area contributed by atoms with Crippen LogP contribution in [0.5, 0.6) is 0 Å². The van der Waals surface area contributed by atoms with Gasteiger partial charge in [0.15, 0.2) is 17.5 Å². The van der Waals surface area contributed by atoms with E-state index in [0.29, 0.717) is 20.3 Å². The number of rotatable bonds is 6. The predicted molar refractivity (Wildman–Crippen MR) is 101 cm³/mol. The van der Waals surface area contributed by atoms with Crippen molar-refractivity contribution in [3.63, 3.8) is 0 Å². The second kappa shape index (κ2) is 8.54. The van der Waals surface area contributed by atoms with Gasteiger partial charge >= 0.3 is 0 Å². The molecule has 6 nitrogen and oxygen atoms in total. The highest BCUT2D eigenvalue weighted by Gasteiger charge is 2.28. The molecule has 0 N–H and O–H groups in total. The summed E-state index contributed by atoms with van der Waals surface area (Å²) < 4.78 is 12.1. The van der Waals surface area contributed by atoms with E-state index in [0.717, 1.165) is 0 Å². The number of nitrogens with zero attached hydrogens (tertiary/aromatic N) is 3. The van der Waals surface area contributed by atoms with Crippen LogP contribution in [-0.2, 0) is 16.0 Å². The van der Waals surface area contributed by atoms with Crippen LogP contribution in [0.15, 0.2) is 24.5 Å². The van der Waals surface area contributed by atoms with Crippen molar-refractivity contribution in [3.8, 4) is 22.9 Å². The third-order valence-corrected chi connectivity index (χ3v) is 5.73. The van der Waals surface area contributed by atoms with Crippen LogP contribution in [0.4, 0.5) is 5.00 Å². The summed E-state index contributed by atoms with van der Waals surface area (Å²) in [7, 11) is 0. The molecule has 2 aromatic heterocycles. The SMILES string of the molecule is C#CCN(C(=O)C(C)C[S+](C)[O-])c1sc(-c2ccc[n+]([O-])c2)nc1Cl. The fourth-order valence-electron chi connectivity index (χ4n) is 2.20. The van der Waals surface area contributed by atoms with E-state index in [2.05, 4.69) is 10.9 Å². The number of pyridine rings is 1. The van der Waals surface area contributed by atoms with Crippen molar-refractivity contribution < 1.29 is 14.1 Å². The molecule has 0 radical (unpaired) electrons. The third kappa shape index (κ3) is 4.86. The van der Waals surface area contributed by atoms with Crippen molar-refractivity contribution in [2.45, 2.75) is 6.92 Å². The molecule has 2 heterocycles. The van der Waals surface area contributed by atoms with Gasteiger partial charge in [0.25, 0.3) is 0 Å². The zero-order chi connectivity index (χ0) is 18.6. The van der Waals surface area contributed by atoms with Gasteiger partial charge in [-0.15, -0.1) is 6.42 Å². The molecule has 0 aromatic carbocycles. The monoisotopic (exact) mass is 397 g/mol. The maximum atomic E-state index is 12.7. The highest BCUT2D eigenvalue weighted by Crippen LogP contribution is 2.37. The smallest absolute Gasteiger partial charge is 0.236 e. The van der Waals surface area contributed by atoms with E-state index >= 15 is 0 Å². The molecule has 9 heteroatoms. The molecule has 0 saturated carbocycles. The lowest BCUT2D eigenvalue weighted by atomic mass is 10.2. The number of anilines is 1. The second-order valence-electron chi connectivity index (χ2n) is 5.34.